The minimum Gasteiger partial charge on any atom is -0.481 e. The van der Waals surface area contributed by atoms with Crippen molar-refractivity contribution in [1.82, 2.24) is 15.1 Å². The third kappa shape index (κ3) is 2.69. The van der Waals surface area contributed by atoms with Crippen LogP contribution in [0.4, 0.5) is 10.5 Å². The molecule has 1 saturated heterocycles. The van der Waals surface area contributed by atoms with Crippen LogP contribution in [-0.2, 0) is 4.79 Å². The fraction of sp³-hybridized carbons (Fsp3) is 0.583. The molecule has 3 N–H and O–H groups in total. The molecule has 0 saturated carbocycles. The van der Waals surface area contributed by atoms with Gasteiger partial charge in [0.2, 0.25) is 0 Å². The fourth-order valence-corrected chi connectivity index (χ4v) is 2.44. The van der Waals surface area contributed by atoms with Crippen LogP contribution in [0.3, 0.4) is 0 Å². The number of hydrogen-bond acceptors (Lipinski definition) is 3. The number of anilines is 1. The maximum absolute atomic E-state index is 12.1. The lowest BCUT2D eigenvalue weighted by Crippen LogP contribution is -2.50. The van der Waals surface area contributed by atoms with Crippen LogP contribution in [0.2, 0.25) is 0 Å². The van der Waals surface area contributed by atoms with Crippen LogP contribution >= 0.6 is 0 Å². The van der Waals surface area contributed by atoms with Crippen molar-refractivity contribution in [2.45, 2.75) is 26.2 Å². The van der Waals surface area contributed by atoms with E-state index in [1.165, 1.54) is 6.20 Å². The Morgan fingerprint density at radius 1 is 1.63 bits per heavy atom. The summed E-state index contributed by atoms with van der Waals surface area (Å²) in [5, 5.41) is 18.4. The first-order chi connectivity index (χ1) is 9.07. The van der Waals surface area contributed by atoms with Crippen molar-refractivity contribution in [1.29, 1.82) is 0 Å². The zero-order valence-electron chi connectivity index (χ0n) is 10.8. The number of nitrogens with one attached hydrogen (secondary N) is 2. The lowest BCUT2D eigenvalue weighted by Gasteiger charge is -2.39. The number of nitrogens with zero attached hydrogens (tertiary/aromatic N) is 2. The number of aromatic nitrogens is 2. The molecule has 0 spiro atoms. The number of carboxylic acids is 1. The quantitative estimate of drug-likeness (QED) is 0.772. The second kappa shape index (κ2) is 5.29. The van der Waals surface area contributed by atoms with Crippen molar-refractivity contribution in [2.24, 2.45) is 5.41 Å². The second-order valence-electron chi connectivity index (χ2n) is 4.88. The van der Waals surface area contributed by atoms with Gasteiger partial charge in [-0.25, -0.2) is 4.79 Å². The molecule has 2 amide bonds. The van der Waals surface area contributed by atoms with Crippen molar-refractivity contribution in [2.75, 3.05) is 18.4 Å². The largest absolute Gasteiger partial charge is 0.481 e. The predicted molar refractivity (Wildman–Crippen MR) is 68.8 cm³/mol. The molecular weight excluding hydrogens is 248 g/mol. The molecule has 1 atom stereocenters. The van der Waals surface area contributed by atoms with E-state index in [2.05, 4.69) is 15.5 Å². The van der Waals surface area contributed by atoms with Gasteiger partial charge in [0.15, 0.2) is 0 Å². The molecule has 2 rings (SSSR count). The number of H-pyrrole nitrogens is 1. The molecule has 0 aliphatic carbocycles. The van der Waals surface area contributed by atoms with Gasteiger partial charge in [0.05, 0.1) is 17.3 Å². The molecule has 1 aliphatic rings. The summed E-state index contributed by atoms with van der Waals surface area (Å²) in [6.07, 6.45) is 4.93. The number of likely N-dealkylation sites (tertiary alicyclic amines) is 1. The zero-order valence-corrected chi connectivity index (χ0v) is 10.8. The summed E-state index contributed by atoms with van der Waals surface area (Å²) in [7, 11) is 0. The number of piperidine rings is 1. The minimum atomic E-state index is -0.823. The van der Waals surface area contributed by atoms with Gasteiger partial charge in [-0.2, -0.15) is 5.10 Å². The van der Waals surface area contributed by atoms with Crippen molar-refractivity contribution in [3.63, 3.8) is 0 Å². The molecule has 1 unspecified atom stereocenters. The number of rotatable bonds is 3. The van der Waals surface area contributed by atoms with Gasteiger partial charge < -0.3 is 15.3 Å². The Morgan fingerprint density at radius 3 is 3.00 bits per heavy atom. The summed E-state index contributed by atoms with van der Waals surface area (Å²) in [6.45, 7) is 2.69. The smallest absolute Gasteiger partial charge is 0.321 e. The molecular formula is C12H18N4O3. The summed E-state index contributed by atoms with van der Waals surface area (Å²) in [6, 6.07) is -0.278. The van der Waals surface area contributed by atoms with E-state index in [9.17, 15) is 14.7 Å². The molecule has 19 heavy (non-hydrogen) atoms. The summed E-state index contributed by atoms with van der Waals surface area (Å²) < 4.78 is 0. The molecule has 0 bridgehead atoms. The summed E-state index contributed by atoms with van der Waals surface area (Å²) in [5.74, 6) is -0.823. The van der Waals surface area contributed by atoms with E-state index in [1.807, 2.05) is 6.92 Å². The topological polar surface area (TPSA) is 98.3 Å². The Bertz CT molecular complexity index is 460. The molecule has 7 heteroatoms. The van der Waals surface area contributed by atoms with Crippen LogP contribution in [0.1, 0.15) is 26.2 Å². The van der Waals surface area contributed by atoms with Gasteiger partial charge in [-0.1, -0.05) is 6.92 Å². The highest BCUT2D eigenvalue weighted by atomic mass is 16.4. The first kappa shape index (κ1) is 13.4. The zero-order chi connectivity index (χ0) is 13.9. The van der Waals surface area contributed by atoms with Crippen LogP contribution in [-0.4, -0.2) is 45.3 Å². The van der Waals surface area contributed by atoms with Gasteiger partial charge in [0, 0.05) is 19.3 Å². The predicted octanol–water partition coefficient (Wildman–Crippen LogP) is 1.52. The number of urea groups is 1. The highest BCUT2D eigenvalue weighted by molar-refractivity contribution is 5.89. The van der Waals surface area contributed by atoms with Crippen molar-refractivity contribution >= 4 is 17.7 Å². The highest BCUT2D eigenvalue weighted by Gasteiger charge is 2.42. The van der Waals surface area contributed by atoms with Crippen molar-refractivity contribution < 1.29 is 14.7 Å². The van der Waals surface area contributed by atoms with E-state index in [0.29, 0.717) is 31.5 Å². The average molecular weight is 266 g/mol. The van der Waals surface area contributed by atoms with Crippen molar-refractivity contribution in [3.8, 4) is 0 Å². The van der Waals surface area contributed by atoms with Gasteiger partial charge in [-0.15, -0.1) is 0 Å². The third-order valence-corrected chi connectivity index (χ3v) is 3.74. The monoisotopic (exact) mass is 266 g/mol. The third-order valence-electron chi connectivity index (χ3n) is 3.74. The van der Waals surface area contributed by atoms with E-state index >= 15 is 0 Å². The number of amides is 2. The van der Waals surface area contributed by atoms with Crippen molar-refractivity contribution in [3.05, 3.63) is 12.4 Å². The number of hydrogen-bond donors (Lipinski definition) is 3. The molecule has 7 nitrogen and oxygen atoms in total. The number of carbonyl (C=O) groups is 2. The number of carboxylic acid groups (broad SMARTS) is 1. The maximum atomic E-state index is 12.1. The highest BCUT2D eigenvalue weighted by Crippen LogP contribution is 2.33. The molecule has 1 aromatic rings. The molecule has 0 aromatic carbocycles. The molecule has 1 aliphatic heterocycles. The van der Waals surface area contributed by atoms with Crippen LogP contribution in [0.5, 0.6) is 0 Å². The molecule has 1 aromatic heterocycles. The normalized spacial score (nSPS) is 23.1. The summed E-state index contributed by atoms with van der Waals surface area (Å²) in [5.41, 5.74) is -0.237. The van der Waals surface area contributed by atoms with E-state index in [-0.39, 0.29) is 12.6 Å². The fourth-order valence-electron chi connectivity index (χ4n) is 2.44. The molecule has 104 valence electrons. The molecule has 2 heterocycles. The van der Waals surface area contributed by atoms with Crippen LogP contribution in [0, 0.1) is 5.41 Å². The Labute approximate surface area is 111 Å². The number of carbonyl (C=O) groups excluding carboxylic acids is 1. The standard InChI is InChI=1S/C12H18N4O3/c1-2-12(10(17)18)4-3-5-16(8-12)11(19)15-9-6-13-14-7-9/h6-7H,2-5,8H2,1H3,(H,13,14)(H,15,19)(H,17,18). The van der Waals surface area contributed by atoms with Gasteiger partial charge >= 0.3 is 12.0 Å². The number of aliphatic carboxylic acids is 1. The Morgan fingerprint density at radius 2 is 2.42 bits per heavy atom. The molecule has 1 fully saturated rings. The van der Waals surface area contributed by atoms with E-state index in [0.717, 1.165) is 0 Å². The molecule has 0 radical (unpaired) electrons. The first-order valence-corrected chi connectivity index (χ1v) is 6.35. The minimum absolute atomic E-state index is 0.252. The Balaban J connectivity index is 2.04. The van der Waals surface area contributed by atoms with Crippen LogP contribution in [0.15, 0.2) is 12.4 Å². The maximum Gasteiger partial charge on any atom is 0.321 e. The second-order valence-corrected chi connectivity index (χ2v) is 4.88. The average Bonchev–Trinajstić information content (AvgIpc) is 2.91. The first-order valence-electron chi connectivity index (χ1n) is 6.35. The summed E-state index contributed by atoms with van der Waals surface area (Å²) >= 11 is 0. The Kier molecular flexibility index (Phi) is 3.73. The lowest BCUT2D eigenvalue weighted by molar-refractivity contribution is -0.152. The lowest BCUT2D eigenvalue weighted by atomic mass is 9.78. The SMILES string of the molecule is CCC1(C(=O)O)CCCN(C(=O)Nc2cn[nH]c2)C1. The van der Waals surface area contributed by atoms with Crippen LogP contribution < -0.4 is 5.32 Å². The van der Waals surface area contributed by atoms with Gasteiger partial charge in [0.1, 0.15) is 0 Å². The number of aromatic amines is 1. The van der Waals surface area contributed by atoms with Gasteiger partial charge in [0.25, 0.3) is 0 Å². The van der Waals surface area contributed by atoms with E-state index < -0.39 is 11.4 Å². The van der Waals surface area contributed by atoms with E-state index in [1.54, 1.807) is 11.1 Å². The van der Waals surface area contributed by atoms with Crippen LogP contribution in [0.25, 0.3) is 0 Å². The van der Waals surface area contributed by atoms with Gasteiger partial charge in [-0.05, 0) is 19.3 Å². The Hall–Kier alpha value is -2.05. The van der Waals surface area contributed by atoms with E-state index in [4.69, 9.17) is 0 Å². The van der Waals surface area contributed by atoms with Gasteiger partial charge in [-0.3, -0.25) is 9.89 Å². The summed E-state index contributed by atoms with van der Waals surface area (Å²) in [4.78, 5) is 25.1.